The molecule has 0 amide bonds. The lowest BCUT2D eigenvalue weighted by molar-refractivity contribution is 0.669. The molecule has 0 bridgehead atoms. The van der Waals surface area contributed by atoms with Crippen molar-refractivity contribution in [1.82, 2.24) is 0 Å². The molecule has 0 saturated carbocycles. The van der Waals surface area contributed by atoms with Crippen molar-refractivity contribution in [3.05, 3.63) is 253 Å². The monoisotopic (exact) mass is 974 g/mol. The molecule has 15 aromatic rings. The number of hydrogen-bond acceptors (Lipinski definition) is 4. The smallest absolute Gasteiger partial charge is 0.159 e. The van der Waals surface area contributed by atoms with Gasteiger partial charge in [-0.1, -0.05) is 222 Å². The first kappa shape index (κ1) is 42.2. The average molecular weight is 976 g/mol. The van der Waals surface area contributed by atoms with Crippen LogP contribution < -0.4 is 10.6 Å². The Morgan fingerprint density at radius 1 is 0.282 bits per heavy atom. The van der Waals surface area contributed by atoms with Crippen LogP contribution in [0.15, 0.2) is 262 Å². The lowest BCUT2D eigenvalue weighted by Crippen LogP contribution is -2.11. The van der Waals surface area contributed by atoms with Gasteiger partial charge in [0.25, 0.3) is 0 Å². The Bertz CT molecular complexity index is 4410. The number of furan rings is 2. The molecule has 336 valence electrons. The van der Waals surface area contributed by atoms with Crippen molar-refractivity contribution >= 4 is 147 Å². The zero-order valence-electron chi connectivity index (χ0n) is 38.4. The average Bonchev–Trinajstić information content (AvgIpc) is 4.02. The summed E-state index contributed by atoms with van der Waals surface area (Å²) in [4.78, 5) is 2.42. The molecule has 0 saturated heterocycles. The summed E-state index contributed by atoms with van der Waals surface area (Å²) in [5.41, 5.74) is 13.2. The minimum atomic E-state index is 0.693. The molecule has 4 nitrogen and oxygen atoms in total. The highest BCUT2D eigenvalue weighted by Gasteiger charge is 2.24. The van der Waals surface area contributed by atoms with Gasteiger partial charge in [0.1, 0.15) is 11.2 Å². The van der Waals surface area contributed by atoms with Crippen LogP contribution in [0.5, 0.6) is 0 Å². The topological polar surface area (TPSA) is 55.5 Å². The number of fused-ring (bicyclic) bond motifs is 15. The van der Waals surface area contributed by atoms with Gasteiger partial charge < -0.3 is 19.5 Å². The van der Waals surface area contributed by atoms with Crippen molar-refractivity contribution < 1.29 is 8.83 Å². The number of benzene rings is 13. The van der Waals surface area contributed by atoms with Gasteiger partial charge in [-0.05, 0) is 96.3 Å². The van der Waals surface area contributed by atoms with Crippen molar-refractivity contribution in [3.63, 3.8) is 0 Å². The normalized spacial score (nSPS) is 11.5. The zero-order valence-corrected chi connectivity index (χ0v) is 40.0. The maximum atomic E-state index is 6.66. The molecule has 2 heterocycles. The fourth-order valence-electron chi connectivity index (χ4n) is 10.5. The van der Waals surface area contributed by atoms with Gasteiger partial charge in [0.15, 0.2) is 11.2 Å². The minimum Gasteiger partial charge on any atom is -0.454 e. The van der Waals surface area contributed by atoms with Crippen molar-refractivity contribution in [3.8, 4) is 0 Å². The molecule has 0 aliphatic rings. The van der Waals surface area contributed by atoms with Gasteiger partial charge in [0.2, 0.25) is 0 Å². The largest absolute Gasteiger partial charge is 0.454 e. The third kappa shape index (κ3) is 7.29. The van der Waals surface area contributed by atoms with E-state index in [4.69, 9.17) is 14.6 Å². The molecule has 15 rings (SSSR count). The Morgan fingerprint density at radius 3 is 1.15 bits per heavy atom. The van der Waals surface area contributed by atoms with E-state index in [1.807, 2.05) is 48.5 Å². The second-order valence-corrected chi connectivity index (χ2v) is 18.7. The predicted molar refractivity (Wildman–Crippen MR) is 306 cm³/mol. The van der Waals surface area contributed by atoms with E-state index < -0.39 is 0 Å². The molecule has 0 unspecified atom stereocenters. The van der Waals surface area contributed by atoms with Gasteiger partial charge in [-0.15, -0.1) is 0 Å². The van der Waals surface area contributed by atoms with E-state index in [9.17, 15) is 0 Å². The molecule has 0 aliphatic heterocycles. The third-order valence-corrected chi connectivity index (χ3v) is 14.4. The summed E-state index contributed by atoms with van der Waals surface area (Å²) in [5.74, 6) is 0. The number of nitrogens with two attached hydrogens (primary N) is 1. The van der Waals surface area contributed by atoms with E-state index in [-0.39, 0.29) is 0 Å². The highest BCUT2D eigenvalue weighted by molar-refractivity contribution is 9.10. The molecule has 0 aliphatic carbocycles. The first-order valence-electron chi connectivity index (χ1n) is 23.8. The van der Waals surface area contributed by atoms with Crippen molar-refractivity contribution in [2.45, 2.75) is 0 Å². The number of anilines is 4. The van der Waals surface area contributed by atoms with E-state index in [1.54, 1.807) is 0 Å². The summed E-state index contributed by atoms with van der Waals surface area (Å²) in [5, 5.41) is 19.4. The van der Waals surface area contributed by atoms with Gasteiger partial charge in [-0.3, -0.25) is 0 Å². The van der Waals surface area contributed by atoms with Crippen molar-refractivity contribution in [2.24, 2.45) is 0 Å². The van der Waals surface area contributed by atoms with Crippen LogP contribution in [0.1, 0.15) is 0 Å². The molecule has 0 spiro atoms. The van der Waals surface area contributed by atoms with Crippen LogP contribution in [0.4, 0.5) is 22.7 Å². The number of halogens is 1. The van der Waals surface area contributed by atoms with Gasteiger partial charge in [0, 0.05) is 36.8 Å². The van der Waals surface area contributed by atoms with Gasteiger partial charge in [-0.25, -0.2) is 0 Å². The van der Waals surface area contributed by atoms with E-state index in [0.29, 0.717) is 5.69 Å². The van der Waals surface area contributed by atoms with Crippen molar-refractivity contribution in [1.29, 1.82) is 0 Å². The maximum absolute atomic E-state index is 6.66. The number of nitrogens with zero attached hydrogens (tertiary/aromatic N) is 1. The van der Waals surface area contributed by atoms with E-state index in [0.717, 1.165) is 65.4 Å². The number of nitrogen functional groups attached to an aromatic ring is 1. The predicted octanol–water partition coefficient (Wildman–Crippen LogP) is 19.6. The number of hydrogen-bond donors (Lipinski definition) is 1. The molecular formula is C66H43BrN2O2. The highest BCUT2D eigenvalue weighted by atomic mass is 79.9. The summed E-state index contributed by atoms with van der Waals surface area (Å²) in [6, 6.07) is 87.3. The molecule has 0 fully saturated rings. The summed E-state index contributed by atoms with van der Waals surface area (Å²) in [6.45, 7) is 0. The van der Waals surface area contributed by atoms with Crippen LogP contribution in [0.2, 0.25) is 0 Å². The standard InChI is InChI=1S/C40H25NO.C14H9Br.C12H9NO/c1-3-14-28-26(12-1)24-37(32-18-7-5-16-30(28)32)41(36-22-11-21-35-34-20-9-10-23-39(34)42-40(35)36)38-25-27-13-2-4-15-29(27)31-17-6-8-19-33(31)38;15-14-9-10-5-1-2-6-11(10)12-7-3-4-8-13(12)14;13-10-6-3-5-9-8-4-1-2-7-11(8)14-12(9)10/h1-25H;1-9H;1-7H,13H2. The Kier molecular flexibility index (Phi) is 10.4. The molecular weight excluding hydrogens is 933 g/mol. The third-order valence-electron chi connectivity index (χ3n) is 13.8. The Balaban J connectivity index is 0.000000137. The first-order valence-corrected chi connectivity index (χ1v) is 24.6. The fourth-order valence-corrected chi connectivity index (χ4v) is 11.1. The van der Waals surface area contributed by atoms with E-state index >= 15 is 0 Å². The molecule has 0 atom stereocenters. The second-order valence-electron chi connectivity index (χ2n) is 17.9. The quantitative estimate of drug-likeness (QED) is 0.142. The Hall–Kier alpha value is -8.90. The second kappa shape index (κ2) is 17.6. The molecule has 71 heavy (non-hydrogen) atoms. The van der Waals surface area contributed by atoms with Crippen LogP contribution in [0.3, 0.4) is 0 Å². The Morgan fingerprint density at radius 2 is 0.634 bits per heavy atom. The van der Waals surface area contributed by atoms with Crippen molar-refractivity contribution in [2.75, 3.05) is 10.6 Å². The summed E-state index contributed by atoms with van der Waals surface area (Å²) in [7, 11) is 0. The molecule has 2 aromatic heterocycles. The fraction of sp³-hybridized carbons (Fsp3) is 0. The first-order chi connectivity index (χ1) is 35.1. The minimum absolute atomic E-state index is 0.693. The van der Waals surface area contributed by atoms with Gasteiger partial charge in [-0.2, -0.15) is 0 Å². The van der Waals surface area contributed by atoms with Gasteiger partial charge >= 0.3 is 0 Å². The van der Waals surface area contributed by atoms with E-state index in [2.05, 4.69) is 221 Å². The lowest BCUT2D eigenvalue weighted by Gasteiger charge is -2.29. The van der Waals surface area contributed by atoms with Crippen LogP contribution in [-0.4, -0.2) is 0 Å². The van der Waals surface area contributed by atoms with Crippen LogP contribution in [0.25, 0.3) is 109 Å². The van der Waals surface area contributed by atoms with Gasteiger partial charge in [0.05, 0.1) is 22.7 Å². The van der Waals surface area contributed by atoms with E-state index in [1.165, 1.54) is 64.6 Å². The van der Waals surface area contributed by atoms with Crippen LogP contribution in [0, 0.1) is 0 Å². The zero-order chi connectivity index (χ0) is 47.4. The van der Waals surface area contributed by atoms with Crippen LogP contribution in [-0.2, 0) is 0 Å². The molecule has 5 heteroatoms. The maximum Gasteiger partial charge on any atom is 0.159 e. The highest BCUT2D eigenvalue weighted by Crippen LogP contribution is 2.49. The molecule has 0 radical (unpaired) electrons. The molecule has 2 N–H and O–H groups in total. The van der Waals surface area contributed by atoms with Crippen LogP contribution >= 0.6 is 15.9 Å². The molecule has 13 aromatic carbocycles. The summed E-state index contributed by atoms with van der Waals surface area (Å²) < 4.78 is 13.5. The summed E-state index contributed by atoms with van der Waals surface area (Å²) >= 11 is 3.62. The Labute approximate surface area is 417 Å². The number of para-hydroxylation sites is 4. The summed E-state index contributed by atoms with van der Waals surface area (Å²) in [6.07, 6.45) is 0. The SMILES string of the molecule is Brc1cc2ccccc2c2ccccc12.Nc1cccc2c1oc1ccccc12.c1ccc2c(c1)cc(N(c1cc3ccccc3c3ccccc13)c1cccc3c1oc1ccccc13)c1ccccc12. The number of rotatable bonds is 3. The lowest BCUT2D eigenvalue weighted by atomic mass is 9.96.